The van der Waals surface area contributed by atoms with Crippen LogP contribution >= 0.6 is 11.6 Å². The van der Waals surface area contributed by atoms with E-state index >= 15 is 0 Å². The molecule has 1 N–H and O–H groups in total. The highest BCUT2D eigenvalue weighted by Gasteiger charge is 2.47. The lowest BCUT2D eigenvalue weighted by Crippen LogP contribution is -2.36. The minimum Gasteiger partial charge on any atom is -0.346 e. The quantitative estimate of drug-likeness (QED) is 0.854. The molecule has 0 saturated heterocycles. The number of ketones is 1. The van der Waals surface area contributed by atoms with Gasteiger partial charge in [0.2, 0.25) is 5.91 Å². The van der Waals surface area contributed by atoms with Gasteiger partial charge in [0, 0.05) is 10.6 Å². The van der Waals surface area contributed by atoms with Gasteiger partial charge in [-0.05, 0) is 31.9 Å². The normalized spacial score (nSPS) is 16.2. The zero-order chi connectivity index (χ0) is 13.3. The SMILES string of the molecule is CC(=O)CC(=O)NC1(c2ccc(Cl)cc2F)CC1. The molecule has 0 aliphatic heterocycles. The molecule has 0 unspecified atom stereocenters. The fourth-order valence-electron chi connectivity index (χ4n) is 2.00. The number of benzene rings is 1. The van der Waals surface area contributed by atoms with Crippen LogP contribution in [0.5, 0.6) is 0 Å². The lowest BCUT2D eigenvalue weighted by atomic mass is 10.0. The number of nitrogens with one attached hydrogen (secondary N) is 1. The van der Waals surface area contributed by atoms with Crippen LogP contribution in [-0.2, 0) is 15.1 Å². The van der Waals surface area contributed by atoms with Gasteiger partial charge in [0.15, 0.2) is 0 Å². The standard InChI is InChI=1S/C13H13ClFNO2/c1-8(17)6-12(18)16-13(4-5-13)10-3-2-9(14)7-11(10)15/h2-3,7H,4-6H2,1H3,(H,16,18). The molecule has 2 rings (SSSR count). The van der Waals surface area contributed by atoms with Crippen molar-refractivity contribution in [2.45, 2.75) is 31.7 Å². The Morgan fingerprint density at radius 3 is 2.61 bits per heavy atom. The zero-order valence-electron chi connectivity index (χ0n) is 9.93. The number of carbonyl (C=O) groups is 2. The Balaban J connectivity index is 2.16. The third-order valence-corrected chi connectivity index (χ3v) is 3.22. The highest BCUT2D eigenvalue weighted by molar-refractivity contribution is 6.30. The number of amides is 1. The molecule has 1 amide bonds. The molecule has 3 nitrogen and oxygen atoms in total. The summed E-state index contributed by atoms with van der Waals surface area (Å²) in [7, 11) is 0. The highest BCUT2D eigenvalue weighted by Crippen LogP contribution is 2.46. The Morgan fingerprint density at radius 1 is 1.44 bits per heavy atom. The Morgan fingerprint density at radius 2 is 2.11 bits per heavy atom. The van der Waals surface area contributed by atoms with Gasteiger partial charge in [0.1, 0.15) is 11.6 Å². The molecule has 5 heteroatoms. The van der Waals surface area contributed by atoms with Crippen molar-refractivity contribution in [3.8, 4) is 0 Å². The topological polar surface area (TPSA) is 46.2 Å². The van der Waals surface area contributed by atoms with Crippen LogP contribution in [0.15, 0.2) is 18.2 Å². The predicted molar refractivity (Wildman–Crippen MR) is 65.8 cm³/mol. The summed E-state index contributed by atoms with van der Waals surface area (Å²) in [6.45, 7) is 1.35. The van der Waals surface area contributed by atoms with Crippen molar-refractivity contribution in [3.63, 3.8) is 0 Å². The van der Waals surface area contributed by atoms with Crippen LogP contribution in [0, 0.1) is 5.82 Å². The van der Waals surface area contributed by atoms with Crippen molar-refractivity contribution in [2.24, 2.45) is 0 Å². The fraction of sp³-hybridized carbons (Fsp3) is 0.385. The minimum atomic E-state index is -0.652. The van der Waals surface area contributed by atoms with Gasteiger partial charge in [-0.25, -0.2) is 4.39 Å². The maximum absolute atomic E-state index is 13.8. The molecule has 0 heterocycles. The number of Topliss-reactive ketones (excluding diaryl/α,β-unsaturated/α-hetero) is 1. The van der Waals surface area contributed by atoms with Gasteiger partial charge in [-0.1, -0.05) is 17.7 Å². The molecule has 1 saturated carbocycles. The van der Waals surface area contributed by atoms with E-state index in [-0.39, 0.29) is 18.1 Å². The van der Waals surface area contributed by atoms with Crippen molar-refractivity contribution in [2.75, 3.05) is 0 Å². The lowest BCUT2D eigenvalue weighted by Gasteiger charge is -2.18. The molecule has 0 atom stereocenters. The van der Waals surface area contributed by atoms with Crippen LogP contribution in [0.2, 0.25) is 5.02 Å². The molecule has 1 aromatic carbocycles. The molecule has 96 valence electrons. The van der Waals surface area contributed by atoms with Gasteiger partial charge in [-0.15, -0.1) is 0 Å². The van der Waals surface area contributed by atoms with Crippen molar-refractivity contribution in [3.05, 3.63) is 34.6 Å². The van der Waals surface area contributed by atoms with Gasteiger partial charge < -0.3 is 5.32 Å². The third kappa shape index (κ3) is 2.70. The molecule has 1 aliphatic carbocycles. The van der Waals surface area contributed by atoms with Crippen molar-refractivity contribution >= 4 is 23.3 Å². The van der Waals surface area contributed by atoms with E-state index in [0.717, 1.165) is 0 Å². The summed E-state index contributed by atoms with van der Waals surface area (Å²) in [6.07, 6.45) is 1.18. The summed E-state index contributed by atoms with van der Waals surface area (Å²) in [5.41, 5.74) is -0.218. The second-order valence-electron chi connectivity index (χ2n) is 4.63. The Kier molecular flexibility index (Phi) is 3.39. The first kappa shape index (κ1) is 13.0. The first-order valence-corrected chi connectivity index (χ1v) is 6.07. The van der Waals surface area contributed by atoms with Crippen molar-refractivity contribution in [1.29, 1.82) is 0 Å². The largest absolute Gasteiger partial charge is 0.346 e. The summed E-state index contributed by atoms with van der Waals surface area (Å²) < 4.78 is 13.8. The van der Waals surface area contributed by atoms with Gasteiger partial charge >= 0.3 is 0 Å². The van der Waals surface area contributed by atoms with Crippen LogP contribution in [0.4, 0.5) is 4.39 Å². The zero-order valence-corrected chi connectivity index (χ0v) is 10.7. The number of rotatable bonds is 4. The van der Waals surface area contributed by atoms with E-state index in [1.54, 1.807) is 12.1 Å². The van der Waals surface area contributed by atoms with E-state index in [2.05, 4.69) is 5.32 Å². The van der Waals surface area contributed by atoms with E-state index < -0.39 is 11.4 Å². The van der Waals surface area contributed by atoms with Crippen LogP contribution < -0.4 is 5.32 Å². The second-order valence-corrected chi connectivity index (χ2v) is 5.07. The van der Waals surface area contributed by atoms with Crippen LogP contribution in [0.1, 0.15) is 31.7 Å². The first-order valence-electron chi connectivity index (χ1n) is 5.69. The number of carbonyl (C=O) groups excluding carboxylic acids is 2. The van der Waals surface area contributed by atoms with Gasteiger partial charge in [-0.2, -0.15) is 0 Å². The third-order valence-electron chi connectivity index (χ3n) is 2.98. The van der Waals surface area contributed by atoms with Gasteiger partial charge in [0.25, 0.3) is 0 Å². The Labute approximate surface area is 109 Å². The number of hydrogen-bond acceptors (Lipinski definition) is 2. The van der Waals surface area contributed by atoms with Crippen LogP contribution in [-0.4, -0.2) is 11.7 Å². The van der Waals surface area contributed by atoms with E-state index in [0.29, 0.717) is 23.4 Å². The molecule has 1 aromatic rings. The smallest absolute Gasteiger partial charge is 0.228 e. The summed E-state index contributed by atoms with van der Waals surface area (Å²) in [6, 6.07) is 4.41. The Bertz CT molecular complexity index is 512. The molecule has 0 spiro atoms. The number of hydrogen-bond donors (Lipinski definition) is 1. The molecule has 1 aliphatic rings. The maximum atomic E-state index is 13.8. The molecule has 0 bridgehead atoms. The average Bonchev–Trinajstić information content (AvgIpc) is 2.96. The maximum Gasteiger partial charge on any atom is 0.228 e. The Hall–Kier alpha value is -1.42. The summed E-state index contributed by atoms with van der Waals surface area (Å²) in [5.74, 6) is -1.00. The van der Waals surface area contributed by atoms with Crippen LogP contribution in [0.25, 0.3) is 0 Å². The molecular weight excluding hydrogens is 257 g/mol. The van der Waals surface area contributed by atoms with Gasteiger partial charge in [0.05, 0.1) is 12.0 Å². The van der Waals surface area contributed by atoms with E-state index in [1.807, 2.05) is 0 Å². The van der Waals surface area contributed by atoms with E-state index in [4.69, 9.17) is 11.6 Å². The monoisotopic (exact) mass is 269 g/mol. The fourth-order valence-corrected chi connectivity index (χ4v) is 2.16. The predicted octanol–water partition coefficient (Wildman–Crippen LogP) is 2.56. The molecule has 0 radical (unpaired) electrons. The second kappa shape index (κ2) is 4.69. The summed E-state index contributed by atoms with van der Waals surface area (Å²) in [5, 5.41) is 3.05. The van der Waals surface area contributed by atoms with Gasteiger partial charge in [-0.3, -0.25) is 9.59 Å². The molecule has 1 fully saturated rings. The lowest BCUT2D eigenvalue weighted by molar-refractivity contribution is -0.127. The average molecular weight is 270 g/mol. The summed E-state index contributed by atoms with van der Waals surface area (Å²) >= 11 is 5.69. The van der Waals surface area contributed by atoms with Crippen molar-refractivity contribution in [1.82, 2.24) is 5.32 Å². The molecule has 18 heavy (non-hydrogen) atoms. The minimum absolute atomic E-state index is 0.170. The van der Waals surface area contributed by atoms with E-state index in [9.17, 15) is 14.0 Å². The number of halogens is 2. The van der Waals surface area contributed by atoms with E-state index in [1.165, 1.54) is 13.0 Å². The molecule has 0 aromatic heterocycles. The first-order chi connectivity index (χ1) is 8.43. The van der Waals surface area contributed by atoms with Crippen molar-refractivity contribution < 1.29 is 14.0 Å². The summed E-state index contributed by atoms with van der Waals surface area (Å²) in [4.78, 5) is 22.4. The van der Waals surface area contributed by atoms with Crippen LogP contribution in [0.3, 0.4) is 0 Å². The highest BCUT2D eigenvalue weighted by atomic mass is 35.5. The molecular formula is C13H13ClFNO2.